The third kappa shape index (κ3) is 8.41. The van der Waals surface area contributed by atoms with Crippen molar-refractivity contribution in [2.75, 3.05) is 6.61 Å². The molecule has 8 heteroatoms. The van der Waals surface area contributed by atoms with Gasteiger partial charge in [0.15, 0.2) is 0 Å². The maximum absolute atomic E-state index is 11.5. The Morgan fingerprint density at radius 3 is 2.00 bits per heavy atom. The first kappa shape index (κ1) is 24.3. The quantitative estimate of drug-likeness (QED) is 0.251. The normalized spacial score (nSPS) is 29.8. The van der Waals surface area contributed by atoms with E-state index in [1.165, 1.54) is 19.3 Å². The second kappa shape index (κ2) is 12.6. The standard InChI is InChI=1S/C19H37NO7/c1-12(2)9-7-5-3-4-6-8-10-13(19(25)26)20-18-17(24)16(23)15(22)14(11-21)27-18/h12-18,20-24H,3-11H2,1-2H3,(H,25,26)/t13?,14-,15-,16+,17-,18?/m1/s1. The summed E-state index contributed by atoms with van der Waals surface area (Å²) in [5.41, 5.74) is 0. The van der Waals surface area contributed by atoms with E-state index in [1.54, 1.807) is 0 Å². The number of aliphatic hydroxyl groups is 4. The Kier molecular flexibility index (Phi) is 11.4. The molecule has 160 valence electrons. The Hall–Kier alpha value is -0.770. The molecule has 1 saturated heterocycles. The third-order valence-corrected chi connectivity index (χ3v) is 5.08. The van der Waals surface area contributed by atoms with Crippen LogP contribution in [-0.4, -0.2) is 74.8 Å². The summed E-state index contributed by atoms with van der Waals surface area (Å²) in [5.74, 6) is -0.335. The summed E-state index contributed by atoms with van der Waals surface area (Å²) in [6, 6.07) is -0.938. The Labute approximate surface area is 161 Å². The van der Waals surface area contributed by atoms with E-state index in [1.807, 2.05) is 0 Å². The fraction of sp³-hybridized carbons (Fsp3) is 0.947. The first-order valence-electron chi connectivity index (χ1n) is 10.1. The fourth-order valence-corrected chi connectivity index (χ4v) is 3.32. The van der Waals surface area contributed by atoms with Gasteiger partial charge in [-0.05, 0) is 12.3 Å². The highest BCUT2D eigenvalue weighted by molar-refractivity contribution is 5.73. The summed E-state index contributed by atoms with van der Waals surface area (Å²) in [6.07, 6.45) is 1.22. The number of carboxylic acid groups (broad SMARTS) is 1. The van der Waals surface area contributed by atoms with Crippen molar-refractivity contribution >= 4 is 5.97 Å². The molecule has 0 spiro atoms. The van der Waals surface area contributed by atoms with Gasteiger partial charge < -0.3 is 30.3 Å². The van der Waals surface area contributed by atoms with E-state index in [4.69, 9.17) is 4.74 Å². The van der Waals surface area contributed by atoms with Crippen molar-refractivity contribution in [1.82, 2.24) is 5.32 Å². The van der Waals surface area contributed by atoms with Crippen LogP contribution in [-0.2, 0) is 9.53 Å². The lowest BCUT2D eigenvalue weighted by molar-refractivity contribution is -0.238. The molecule has 0 aromatic heterocycles. The lowest BCUT2D eigenvalue weighted by Gasteiger charge is -2.41. The van der Waals surface area contributed by atoms with Crippen LogP contribution in [0.1, 0.15) is 65.2 Å². The minimum Gasteiger partial charge on any atom is -0.480 e. The van der Waals surface area contributed by atoms with E-state index in [0.717, 1.165) is 31.6 Å². The molecular weight excluding hydrogens is 354 g/mol. The van der Waals surface area contributed by atoms with Crippen LogP contribution in [0, 0.1) is 5.92 Å². The van der Waals surface area contributed by atoms with Gasteiger partial charge in [-0.25, -0.2) is 0 Å². The van der Waals surface area contributed by atoms with Gasteiger partial charge in [-0.3, -0.25) is 10.1 Å². The van der Waals surface area contributed by atoms with Gasteiger partial charge in [-0.2, -0.15) is 0 Å². The van der Waals surface area contributed by atoms with Gasteiger partial charge in [0.05, 0.1) is 6.61 Å². The lowest BCUT2D eigenvalue weighted by atomic mass is 9.97. The zero-order chi connectivity index (χ0) is 20.4. The van der Waals surface area contributed by atoms with Crippen molar-refractivity contribution in [3.63, 3.8) is 0 Å². The van der Waals surface area contributed by atoms with Crippen LogP contribution in [0.3, 0.4) is 0 Å². The average molecular weight is 392 g/mol. The average Bonchev–Trinajstić information content (AvgIpc) is 2.62. The molecule has 27 heavy (non-hydrogen) atoms. The van der Waals surface area contributed by atoms with Crippen molar-refractivity contribution in [2.24, 2.45) is 5.92 Å². The van der Waals surface area contributed by atoms with Gasteiger partial charge in [0.25, 0.3) is 0 Å². The maximum atomic E-state index is 11.5. The van der Waals surface area contributed by atoms with Gasteiger partial charge in [0.2, 0.25) is 0 Å². The number of hydrogen-bond acceptors (Lipinski definition) is 7. The van der Waals surface area contributed by atoms with Crippen molar-refractivity contribution in [2.45, 2.75) is 102 Å². The number of unbranched alkanes of at least 4 members (excludes halogenated alkanes) is 5. The van der Waals surface area contributed by atoms with E-state index in [2.05, 4.69) is 19.2 Å². The number of carboxylic acids is 1. The molecule has 0 bridgehead atoms. The molecule has 1 aliphatic heterocycles. The fourth-order valence-electron chi connectivity index (χ4n) is 3.32. The van der Waals surface area contributed by atoms with Crippen LogP contribution >= 0.6 is 0 Å². The highest BCUT2D eigenvalue weighted by atomic mass is 16.6. The highest BCUT2D eigenvalue weighted by Gasteiger charge is 2.44. The molecule has 0 aromatic rings. The van der Waals surface area contributed by atoms with E-state index < -0.39 is 49.3 Å². The van der Waals surface area contributed by atoms with Crippen molar-refractivity contribution < 1.29 is 35.1 Å². The first-order chi connectivity index (χ1) is 12.8. The van der Waals surface area contributed by atoms with Crippen molar-refractivity contribution in [3.05, 3.63) is 0 Å². The van der Waals surface area contributed by atoms with Crippen LogP contribution in [0.4, 0.5) is 0 Å². The number of aliphatic hydroxyl groups excluding tert-OH is 4. The lowest BCUT2D eigenvalue weighted by Crippen LogP contribution is -2.64. The van der Waals surface area contributed by atoms with Gasteiger partial charge >= 0.3 is 5.97 Å². The van der Waals surface area contributed by atoms with Gasteiger partial charge in [0.1, 0.15) is 36.7 Å². The monoisotopic (exact) mass is 391 g/mol. The summed E-state index contributed by atoms with van der Waals surface area (Å²) in [5, 5.41) is 50.9. The van der Waals surface area contributed by atoms with Crippen LogP contribution in [0.25, 0.3) is 0 Å². The predicted molar refractivity (Wildman–Crippen MR) is 100 cm³/mol. The largest absolute Gasteiger partial charge is 0.480 e. The molecule has 6 N–H and O–H groups in total. The predicted octanol–water partition coefficient (Wildman–Crippen LogP) is 0.606. The number of rotatable bonds is 13. The third-order valence-electron chi connectivity index (χ3n) is 5.08. The zero-order valence-corrected chi connectivity index (χ0v) is 16.5. The van der Waals surface area contributed by atoms with Crippen LogP contribution < -0.4 is 5.32 Å². The van der Waals surface area contributed by atoms with Crippen LogP contribution in [0.2, 0.25) is 0 Å². The molecule has 0 aromatic carbocycles. The smallest absolute Gasteiger partial charge is 0.320 e. The number of aliphatic carboxylic acids is 1. The number of ether oxygens (including phenoxy) is 1. The Morgan fingerprint density at radius 1 is 0.926 bits per heavy atom. The number of nitrogens with one attached hydrogen (secondary N) is 1. The summed E-state index contributed by atoms with van der Waals surface area (Å²) >= 11 is 0. The van der Waals surface area contributed by atoms with E-state index in [0.29, 0.717) is 6.42 Å². The Morgan fingerprint density at radius 2 is 1.48 bits per heavy atom. The summed E-state index contributed by atoms with van der Waals surface area (Å²) in [6.45, 7) is 3.89. The van der Waals surface area contributed by atoms with Crippen LogP contribution in [0.5, 0.6) is 0 Å². The Bertz CT molecular complexity index is 419. The van der Waals surface area contributed by atoms with Gasteiger partial charge in [0, 0.05) is 0 Å². The molecule has 6 atom stereocenters. The van der Waals surface area contributed by atoms with Crippen molar-refractivity contribution in [3.8, 4) is 0 Å². The second-order valence-corrected chi connectivity index (χ2v) is 7.90. The molecule has 0 radical (unpaired) electrons. The molecule has 1 fully saturated rings. The van der Waals surface area contributed by atoms with Crippen molar-refractivity contribution in [1.29, 1.82) is 0 Å². The number of hydrogen-bond donors (Lipinski definition) is 6. The molecule has 8 nitrogen and oxygen atoms in total. The van der Waals surface area contributed by atoms with E-state index in [-0.39, 0.29) is 0 Å². The van der Waals surface area contributed by atoms with Gasteiger partial charge in [-0.15, -0.1) is 0 Å². The molecule has 0 amide bonds. The second-order valence-electron chi connectivity index (χ2n) is 7.90. The molecule has 1 aliphatic rings. The molecular formula is C19H37NO7. The summed E-state index contributed by atoms with van der Waals surface area (Å²) in [4.78, 5) is 11.5. The van der Waals surface area contributed by atoms with Gasteiger partial charge in [-0.1, -0.05) is 58.8 Å². The molecule has 2 unspecified atom stereocenters. The molecule has 1 heterocycles. The molecule has 0 saturated carbocycles. The SMILES string of the molecule is CC(C)CCCCCCCCC(NC1O[C@H](CO)[C@@H](O)[C@H](O)[C@H]1O)C(=O)O. The zero-order valence-electron chi connectivity index (χ0n) is 16.5. The molecule has 0 aliphatic carbocycles. The number of carbonyl (C=O) groups is 1. The summed E-state index contributed by atoms with van der Waals surface area (Å²) < 4.78 is 5.32. The first-order valence-corrected chi connectivity index (χ1v) is 10.1. The van der Waals surface area contributed by atoms with Crippen LogP contribution in [0.15, 0.2) is 0 Å². The maximum Gasteiger partial charge on any atom is 0.320 e. The topological polar surface area (TPSA) is 139 Å². The molecule has 1 rings (SSSR count). The highest BCUT2D eigenvalue weighted by Crippen LogP contribution is 2.21. The Balaban J connectivity index is 2.35. The summed E-state index contributed by atoms with van der Waals surface area (Å²) in [7, 11) is 0. The van der Waals surface area contributed by atoms with E-state index in [9.17, 15) is 30.3 Å². The minimum absolute atomic E-state index is 0.371. The minimum atomic E-state index is -1.52. The van der Waals surface area contributed by atoms with E-state index >= 15 is 0 Å².